The van der Waals surface area contributed by atoms with Crippen LogP contribution in [0.15, 0.2) is 30.3 Å². The Labute approximate surface area is 177 Å². The normalized spacial score (nSPS) is 19.9. The van der Waals surface area contributed by atoms with E-state index in [0.717, 1.165) is 18.8 Å². The van der Waals surface area contributed by atoms with Crippen LogP contribution in [0.5, 0.6) is 0 Å². The Bertz CT molecular complexity index is 844. The van der Waals surface area contributed by atoms with E-state index in [0.29, 0.717) is 37.4 Å². The first-order valence-corrected chi connectivity index (χ1v) is 10.4. The van der Waals surface area contributed by atoms with Crippen molar-refractivity contribution in [2.24, 2.45) is 0 Å². The smallest absolute Gasteiger partial charge is 0.234 e. The van der Waals surface area contributed by atoms with Gasteiger partial charge in [0.15, 0.2) is 0 Å². The van der Waals surface area contributed by atoms with Crippen molar-refractivity contribution in [2.45, 2.75) is 39.1 Å². The fraction of sp³-hybridized carbons (Fsp3) is 0.545. The van der Waals surface area contributed by atoms with E-state index in [1.807, 2.05) is 43.6 Å². The van der Waals surface area contributed by atoms with Crippen molar-refractivity contribution in [2.75, 3.05) is 40.3 Å². The lowest BCUT2D eigenvalue weighted by molar-refractivity contribution is -0.126. The summed E-state index contributed by atoms with van der Waals surface area (Å²) < 4.78 is 21.7. The molecule has 7 nitrogen and oxygen atoms in total. The number of hydrogen-bond donors (Lipinski definition) is 1. The third kappa shape index (κ3) is 6.10. The first kappa shape index (κ1) is 22.4. The number of benzene rings is 1. The third-order valence-electron chi connectivity index (χ3n) is 5.00. The third-order valence-corrected chi connectivity index (χ3v) is 5.00. The molecule has 3 rings (SSSR count). The van der Waals surface area contributed by atoms with Gasteiger partial charge in [-0.1, -0.05) is 12.1 Å². The summed E-state index contributed by atoms with van der Waals surface area (Å²) in [6.07, 6.45) is 0.270. The van der Waals surface area contributed by atoms with Gasteiger partial charge in [0.1, 0.15) is 5.82 Å². The molecule has 1 amide bonds. The van der Waals surface area contributed by atoms with Crippen LogP contribution < -0.4 is 5.32 Å². The van der Waals surface area contributed by atoms with Gasteiger partial charge < -0.3 is 15.0 Å². The zero-order valence-electron chi connectivity index (χ0n) is 18.3. The Hall–Kier alpha value is -2.29. The molecular formula is C22H32FN5O2. The summed E-state index contributed by atoms with van der Waals surface area (Å²) in [5.41, 5.74) is 2.06. The second-order valence-electron chi connectivity index (χ2n) is 8.26. The Kier molecular flexibility index (Phi) is 7.58. The average Bonchev–Trinajstić information content (AvgIpc) is 3.03. The van der Waals surface area contributed by atoms with E-state index in [9.17, 15) is 9.18 Å². The van der Waals surface area contributed by atoms with Crippen LogP contribution in [-0.4, -0.2) is 78.0 Å². The van der Waals surface area contributed by atoms with Crippen molar-refractivity contribution >= 4 is 5.91 Å². The molecular weight excluding hydrogens is 385 g/mol. The lowest BCUT2D eigenvalue weighted by Crippen LogP contribution is -2.49. The summed E-state index contributed by atoms with van der Waals surface area (Å²) in [5, 5.41) is 7.58. The SMILES string of the molecule is C[C@@H]1CN(CC(=O)NCCn2nc(-c3ccccc3F)cc2CN(C)C)C[C@@H](C)O1. The summed E-state index contributed by atoms with van der Waals surface area (Å²) in [7, 11) is 3.96. The van der Waals surface area contributed by atoms with E-state index in [4.69, 9.17) is 4.74 Å². The highest BCUT2D eigenvalue weighted by atomic mass is 19.1. The number of hydrogen-bond acceptors (Lipinski definition) is 5. The maximum absolute atomic E-state index is 14.2. The van der Waals surface area contributed by atoms with E-state index in [-0.39, 0.29) is 23.9 Å². The number of morpholine rings is 1. The lowest BCUT2D eigenvalue weighted by atomic mass is 10.1. The van der Waals surface area contributed by atoms with Gasteiger partial charge in [-0.25, -0.2) is 4.39 Å². The average molecular weight is 418 g/mol. The van der Waals surface area contributed by atoms with E-state index in [2.05, 4.69) is 15.3 Å². The summed E-state index contributed by atoms with van der Waals surface area (Å²) in [4.78, 5) is 16.5. The summed E-state index contributed by atoms with van der Waals surface area (Å²) in [6.45, 7) is 7.61. The van der Waals surface area contributed by atoms with Crippen molar-refractivity contribution in [1.82, 2.24) is 24.9 Å². The van der Waals surface area contributed by atoms with Gasteiger partial charge in [0.25, 0.3) is 0 Å². The molecule has 2 heterocycles. The highest BCUT2D eigenvalue weighted by molar-refractivity contribution is 5.78. The number of rotatable bonds is 8. The fourth-order valence-electron chi connectivity index (χ4n) is 3.87. The summed E-state index contributed by atoms with van der Waals surface area (Å²) in [6, 6.07) is 8.55. The number of nitrogens with zero attached hydrogens (tertiary/aromatic N) is 4. The predicted octanol–water partition coefficient (Wildman–Crippen LogP) is 1.98. The molecule has 2 aromatic rings. The van der Waals surface area contributed by atoms with Crippen LogP contribution >= 0.6 is 0 Å². The molecule has 0 radical (unpaired) electrons. The Morgan fingerprint density at radius 3 is 2.63 bits per heavy atom. The quantitative estimate of drug-likeness (QED) is 0.712. The standard InChI is InChI=1S/C22H32FN5O2/c1-16-12-27(13-17(2)30-16)15-22(29)24-9-10-28-18(14-26(3)4)11-21(25-28)19-7-5-6-8-20(19)23/h5-8,11,16-17H,9-10,12-15H2,1-4H3,(H,24,29)/t16-,17-/m1/s1. The number of halogens is 1. The van der Waals surface area contributed by atoms with Gasteiger partial charge in [-0.3, -0.25) is 14.4 Å². The molecule has 1 saturated heterocycles. The zero-order valence-corrected chi connectivity index (χ0v) is 18.3. The summed E-state index contributed by atoms with van der Waals surface area (Å²) >= 11 is 0. The topological polar surface area (TPSA) is 62.6 Å². The predicted molar refractivity (Wildman–Crippen MR) is 114 cm³/mol. The highest BCUT2D eigenvalue weighted by Crippen LogP contribution is 2.22. The Balaban J connectivity index is 1.60. The molecule has 1 N–H and O–H groups in total. The van der Waals surface area contributed by atoms with Crippen LogP contribution in [-0.2, 0) is 22.6 Å². The molecule has 0 unspecified atom stereocenters. The highest BCUT2D eigenvalue weighted by Gasteiger charge is 2.23. The zero-order chi connectivity index (χ0) is 21.7. The Morgan fingerprint density at radius 1 is 1.27 bits per heavy atom. The minimum absolute atomic E-state index is 0.00746. The van der Waals surface area contributed by atoms with Crippen molar-refractivity contribution in [3.05, 3.63) is 41.8 Å². The number of aromatic nitrogens is 2. The van der Waals surface area contributed by atoms with Crippen LogP contribution in [0.3, 0.4) is 0 Å². The van der Waals surface area contributed by atoms with Crippen LogP contribution in [0.2, 0.25) is 0 Å². The van der Waals surface area contributed by atoms with E-state index in [1.54, 1.807) is 18.2 Å². The molecule has 1 aliphatic rings. The molecule has 0 spiro atoms. The molecule has 0 bridgehead atoms. The number of nitrogens with one attached hydrogen (secondary N) is 1. The van der Waals surface area contributed by atoms with Gasteiger partial charge >= 0.3 is 0 Å². The van der Waals surface area contributed by atoms with Crippen LogP contribution in [0.1, 0.15) is 19.5 Å². The molecule has 164 valence electrons. The van der Waals surface area contributed by atoms with Crippen LogP contribution in [0.4, 0.5) is 4.39 Å². The minimum Gasteiger partial charge on any atom is -0.373 e. The van der Waals surface area contributed by atoms with E-state index in [1.165, 1.54) is 6.07 Å². The van der Waals surface area contributed by atoms with Gasteiger partial charge in [0, 0.05) is 31.7 Å². The van der Waals surface area contributed by atoms with Crippen LogP contribution in [0.25, 0.3) is 11.3 Å². The molecule has 1 aromatic carbocycles. The second-order valence-corrected chi connectivity index (χ2v) is 8.26. The van der Waals surface area contributed by atoms with Gasteiger partial charge in [-0.15, -0.1) is 0 Å². The van der Waals surface area contributed by atoms with Gasteiger partial charge in [-0.05, 0) is 46.1 Å². The monoisotopic (exact) mass is 417 g/mol. The lowest BCUT2D eigenvalue weighted by Gasteiger charge is -2.34. The molecule has 8 heteroatoms. The first-order valence-electron chi connectivity index (χ1n) is 10.4. The molecule has 1 fully saturated rings. The maximum atomic E-state index is 14.2. The van der Waals surface area contributed by atoms with Crippen molar-refractivity contribution in [3.8, 4) is 11.3 Å². The van der Waals surface area contributed by atoms with Gasteiger partial charge in [0.2, 0.25) is 5.91 Å². The number of carbonyl (C=O) groups excluding carboxylic acids is 1. The molecule has 1 aliphatic heterocycles. The number of ether oxygens (including phenoxy) is 1. The van der Waals surface area contributed by atoms with Crippen LogP contribution in [0, 0.1) is 5.82 Å². The largest absolute Gasteiger partial charge is 0.373 e. The van der Waals surface area contributed by atoms with Gasteiger partial charge in [-0.2, -0.15) is 5.10 Å². The number of amides is 1. The maximum Gasteiger partial charge on any atom is 0.234 e. The molecule has 2 atom stereocenters. The van der Waals surface area contributed by atoms with Crippen molar-refractivity contribution in [3.63, 3.8) is 0 Å². The fourth-order valence-corrected chi connectivity index (χ4v) is 3.87. The Morgan fingerprint density at radius 2 is 1.97 bits per heavy atom. The molecule has 0 aliphatic carbocycles. The first-order chi connectivity index (χ1) is 14.3. The van der Waals surface area contributed by atoms with E-state index >= 15 is 0 Å². The van der Waals surface area contributed by atoms with Crippen molar-refractivity contribution < 1.29 is 13.9 Å². The second kappa shape index (κ2) is 10.1. The van der Waals surface area contributed by atoms with Crippen molar-refractivity contribution in [1.29, 1.82) is 0 Å². The minimum atomic E-state index is -0.291. The van der Waals surface area contributed by atoms with E-state index < -0.39 is 0 Å². The molecule has 0 saturated carbocycles. The molecule has 1 aromatic heterocycles. The molecule has 30 heavy (non-hydrogen) atoms. The summed E-state index contributed by atoms with van der Waals surface area (Å²) in [5.74, 6) is -0.298. The number of carbonyl (C=O) groups is 1. The van der Waals surface area contributed by atoms with Gasteiger partial charge in [0.05, 0.1) is 36.7 Å².